The van der Waals surface area contributed by atoms with Gasteiger partial charge in [-0.15, -0.1) is 0 Å². The summed E-state index contributed by atoms with van der Waals surface area (Å²) in [6.45, 7) is 0.758. The lowest BCUT2D eigenvalue weighted by Crippen LogP contribution is -2.21. The summed E-state index contributed by atoms with van der Waals surface area (Å²) >= 11 is 1.94. The van der Waals surface area contributed by atoms with Crippen LogP contribution in [0.4, 0.5) is 0 Å². The highest BCUT2D eigenvalue weighted by molar-refractivity contribution is 8.00. The number of fused-ring (bicyclic) bond motifs is 1. The summed E-state index contributed by atoms with van der Waals surface area (Å²) in [5.41, 5.74) is 1.50. The molecule has 1 aliphatic heterocycles. The molecule has 2 aromatic rings. The molecule has 0 saturated carbocycles. The summed E-state index contributed by atoms with van der Waals surface area (Å²) in [5.74, 6) is 1.38. The van der Waals surface area contributed by atoms with Crippen LogP contribution in [0.5, 0.6) is 5.75 Å². The number of phenols is 1. The minimum Gasteiger partial charge on any atom is -0.508 e. The first kappa shape index (κ1) is 10.8. The molecule has 1 aliphatic rings. The number of benzene rings is 1. The maximum atomic E-state index is 11.9. The number of hydrogen-bond acceptors (Lipinski definition) is 3. The fourth-order valence-electron chi connectivity index (χ4n) is 2.32. The smallest absolute Gasteiger partial charge is 0.326 e. The van der Waals surface area contributed by atoms with E-state index < -0.39 is 0 Å². The molecule has 0 radical (unpaired) electrons. The van der Waals surface area contributed by atoms with Gasteiger partial charge in [0, 0.05) is 17.9 Å². The second-order valence-electron chi connectivity index (χ2n) is 4.38. The normalized spacial score (nSPS) is 20.1. The number of aromatic nitrogens is 2. The zero-order chi connectivity index (χ0) is 11.8. The third-order valence-corrected chi connectivity index (χ3v) is 4.55. The number of thioether (sulfide) groups is 1. The predicted molar refractivity (Wildman–Crippen MR) is 69.7 cm³/mol. The fourth-order valence-corrected chi connectivity index (χ4v) is 3.58. The van der Waals surface area contributed by atoms with Crippen LogP contribution in [0.3, 0.4) is 0 Å². The molecular formula is C12H14N2O2S. The van der Waals surface area contributed by atoms with Crippen molar-refractivity contribution in [2.45, 2.75) is 24.6 Å². The Morgan fingerprint density at radius 1 is 1.53 bits per heavy atom. The van der Waals surface area contributed by atoms with Crippen molar-refractivity contribution in [2.24, 2.45) is 0 Å². The predicted octanol–water partition coefficient (Wildman–Crippen LogP) is 1.93. The number of nitrogens with zero attached hydrogens (tertiary/aromatic N) is 1. The van der Waals surface area contributed by atoms with Crippen LogP contribution in [-0.2, 0) is 6.54 Å². The molecule has 1 aromatic carbocycles. The molecule has 2 heterocycles. The number of nitrogens with one attached hydrogen (secondary N) is 1. The summed E-state index contributed by atoms with van der Waals surface area (Å²) in [6.07, 6.45) is 2.43. The number of rotatable bonds is 2. The molecule has 3 rings (SSSR count). The number of imidazole rings is 1. The molecule has 90 valence electrons. The average molecular weight is 250 g/mol. The Labute approximate surface area is 103 Å². The van der Waals surface area contributed by atoms with Gasteiger partial charge in [-0.1, -0.05) is 0 Å². The lowest BCUT2D eigenvalue weighted by atomic mass is 10.2. The number of phenolic OH excluding ortho intramolecular Hbond substituents is 1. The van der Waals surface area contributed by atoms with Gasteiger partial charge in [0.1, 0.15) is 5.75 Å². The lowest BCUT2D eigenvalue weighted by molar-refractivity contribution is 0.476. The fraction of sp³-hybridized carbons (Fsp3) is 0.417. The first-order valence-corrected chi connectivity index (χ1v) is 6.82. The standard InChI is InChI=1S/C12H14N2O2S/c15-8-3-4-11-10(6-8)13-12(16)14(11)7-9-2-1-5-17-9/h3-4,6,9,15H,1-2,5,7H2,(H,13,16). The highest BCUT2D eigenvalue weighted by atomic mass is 32.2. The van der Waals surface area contributed by atoms with E-state index >= 15 is 0 Å². The molecule has 1 fully saturated rings. The van der Waals surface area contributed by atoms with Crippen LogP contribution in [0.2, 0.25) is 0 Å². The van der Waals surface area contributed by atoms with Gasteiger partial charge in [0.15, 0.2) is 0 Å². The zero-order valence-corrected chi connectivity index (χ0v) is 10.2. The van der Waals surface area contributed by atoms with E-state index in [0.717, 1.165) is 12.1 Å². The molecule has 0 spiro atoms. The Balaban J connectivity index is 2.02. The van der Waals surface area contributed by atoms with Crippen molar-refractivity contribution in [2.75, 3.05) is 5.75 Å². The van der Waals surface area contributed by atoms with Crippen LogP contribution in [0, 0.1) is 0 Å². The Kier molecular flexibility index (Phi) is 2.63. The van der Waals surface area contributed by atoms with Gasteiger partial charge in [-0.05, 0) is 30.7 Å². The largest absolute Gasteiger partial charge is 0.508 e. The minimum atomic E-state index is -0.0851. The lowest BCUT2D eigenvalue weighted by Gasteiger charge is -2.09. The molecular weight excluding hydrogens is 236 g/mol. The van der Waals surface area contributed by atoms with Crippen molar-refractivity contribution in [3.8, 4) is 5.75 Å². The summed E-state index contributed by atoms with van der Waals surface area (Å²) in [4.78, 5) is 14.6. The molecule has 0 bridgehead atoms. The Hall–Kier alpha value is -1.36. The summed E-state index contributed by atoms with van der Waals surface area (Å²) < 4.78 is 1.78. The van der Waals surface area contributed by atoms with E-state index in [1.165, 1.54) is 18.6 Å². The third-order valence-electron chi connectivity index (χ3n) is 3.17. The van der Waals surface area contributed by atoms with Crippen molar-refractivity contribution < 1.29 is 5.11 Å². The van der Waals surface area contributed by atoms with E-state index in [2.05, 4.69) is 4.98 Å². The van der Waals surface area contributed by atoms with E-state index in [9.17, 15) is 9.90 Å². The van der Waals surface area contributed by atoms with Gasteiger partial charge in [0.2, 0.25) is 0 Å². The van der Waals surface area contributed by atoms with Crippen molar-refractivity contribution in [3.63, 3.8) is 0 Å². The van der Waals surface area contributed by atoms with E-state index in [4.69, 9.17) is 0 Å². The maximum absolute atomic E-state index is 11.9. The molecule has 1 unspecified atom stereocenters. The second kappa shape index (κ2) is 4.14. The number of aromatic hydroxyl groups is 1. The molecule has 2 N–H and O–H groups in total. The molecule has 17 heavy (non-hydrogen) atoms. The SMILES string of the molecule is O=c1[nH]c2cc(O)ccc2n1CC1CCCS1. The third kappa shape index (κ3) is 1.95. The van der Waals surface area contributed by atoms with Crippen LogP contribution < -0.4 is 5.69 Å². The number of aromatic amines is 1. The Bertz CT molecular complexity index is 596. The van der Waals surface area contributed by atoms with Gasteiger partial charge in [-0.2, -0.15) is 11.8 Å². The van der Waals surface area contributed by atoms with Crippen LogP contribution in [-0.4, -0.2) is 25.7 Å². The van der Waals surface area contributed by atoms with E-state index in [0.29, 0.717) is 10.8 Å². The summed E-state index contributed by atoms with van der Waals surface area (Å²) in [7, 11) is 0. The van der Waals surface area contributed by atoms with Gasteiger partial charge < -0.3 is 10.1 Å². The zero-order valence-electron chi connectivity index (χ0n) is 9.35. The van der Waals surface area contributed by atoms with Crippen LogP contribution in [0.15, 0.2) is 23.0 Å². The van der Waals surface area contributed by atoms with Gasteiger partial charge in [-0.3, -0.25) is 4.57 Å². The van der Waals surface area contributed by atoms with Crippen molar-refractivity contribution >= 4 is 22.8 Å². The Morgan fingerprint density at radius 3 is 3.18 bits per heavy atom. The highest BCUT2D eigenvalue weighted by Crippen LogP contribution is 2.28. The highest BCUT2D eigenvalue weighted by Gasteiger charge is 2.18. The number of hydrogen-bond donors (Lipinski definition) is 2. The Morgan fingerprint density at radius 2 is 2.41 bits per heavy atom. The second-order valence-corrected chi connectivity index (χ2v) is 5.79. The molecule has 5 heteroatoms. The van der Waals surface area contributed by atoms with Gasteiger partial charge in [-0.25, -0.2) is 4.79 Å². The van der Waals surface area contributed by atoms with Gasteiger partial charge >= 0.3 is 5.69 Å². The van der Waals surface area contributed by atoms with Crippen LogP contribution in [0.1, 0.15) is 12.8 Å². The van der Waals surface area contributed by atoms with E-state index in [1.807, 2.05) is 11.8 Å². The molecule has 1 atom stereocenters. The minimum absolute atomic E-state index is 0.0851. The van der Waals surface area contributed by atoms with Crippen molar-refractivity contribution in [3.05, 3.63) is 28.7 Å². The van der Waals surface area contributed by atoms with Crippen molar-refractivity contribution in [1.82, 2.24) is 9.55 Å². The molecule has 1 saturated heterocycles. The van der Waals surface area contributed by atoms with Crippen LogP contribution >= 0.6 is 11.8 Å². The van der Waals surface area contributed by atoms with Gasteiger partial charge in [0.25, 0.3) is 0 Å². The van der Waals surface area contributed by atoms with E-state index in [-0.39, 0.29) is 11.4 Å². The monoisotopic (exact) mass is 250 g/mol. The first-order valence-electron chi connectivity index (χ1n) is 5.77. The first-order chi connectivity index (χ1) is 8.24. The molecule has 4 nitrogen and oxygen atoms in total. The van der Waals surface area contributed by atoms with E-state index in [1.54, 1.807) is 22.8 Å². The van der Waals surface area contributed by atoms with Crippen molar-refractivity contribution in [1.29, 1.82) is 0 Å². The maximum Gasteiger partial charge on any atom is 0.326 e. The summed E-state index contributed by atoms with van der Waals surface area (Å²) in [5, 5.41) is 9.92. The molecule has 1 aromatic heterocycles. The number of H-pyrrole nitrogens is 1. The van der Waals surface area contributed by atoms with Crippen LogP contribution in [0.25, 0.3) is 11.0 Å². The topological polar surface area (TPSA) is 58.0 Å². The summed E-state index contributed by atoms with van der Waals surface area (Å²) in [6, 6.07) is 5.01. The van der Waals surface area contributed by atoms with Gasteiger partial charge in [0.05, 0.1) is 11.0 Å². The molecule has 0 amide bonds. The quantitative estimate of drug-likeness (QED) is 0.856. The molecule has 0 aliphatic carbocycles. The average Bonchev–Trinajstić information content (AvgIpc) is 2.88.